The summed E-state index contributed by atoms with van der Waals surface area (Å²) in [6.45, 7) is 0. The standard InChI is InChI=1S/C12H13NO4/c1-15-9-5-4-7-6-8(12(14)17-3)13-10(7)11(9)16-2/h4-6,13H,1-3H3. The molecule has 1 heterocycles. The number of fused-ring (bicyclic) bond motifs is 1. The third-order valence-corrected chi connectivity index (χ3v) is 2.54. The summed E-state index contributed by atoms with van der Waals surface area (Å²) in [5.74, 6) is 0.764. The molecule has 0 spiro atoms. The van der Waals surface area contributed by atoms with Crippen LogP contribution in [0.15, 0.2) is 18.2 Å². The number of H-pyrrole nitrogens is 1. The van der Waals surface area contributed by atoms with Crippen molar-refractivity contribution in [2.45, 2.75) is 0 Å². The van der Waals surface area contributed by atoms with Crippen LogP contribution in [0, 0.1) is 0 Å². The summed E-state index contributed by atoms with van der Waals surface area (Å²) >= 11 is 0. The van der Waals surface area contributed by atoms with Gasteiger partial charge in [-0.25, -0.2) is 4.79 Å². The molecule has 0 amide bonds. The number of carbonyl (C=O) groups is 1. The lowest BCUT2D eigenvalue weighted by molar-refractivity contribution is 0.0595. The summed E-state index contributed by atoms with van der Waals surface area (Å²) in [6, 6.07) is 5.35. The van der Waals surface area contributed by atoms with Gasteiger partial charge in [0.25, 0.3) is 0 Å². The fourth-order valence-electron chi connectivity index (χ4n) is 1.74. The van der Waals surface area contributed by atoms with E-state index in [2.05, 4.69) is 9.72 Å². The zero-order valence-corrected chi connectivity index (χ0v) is 9.87. The first kappa shape index (κ1) is 11.3. The molecule has 0 radical (unpaired) electrons. The van der Waals surface area contributed by atoms with Crippen LogP contribution in [-0.2, 0) is 4.74 Å². The van der Waals surface area contributed by atoms with Crippen molar-refractivity contribution in [2.75, 3.05) is 21.3 Å². The Bertz CT molecular complexity index is 559. The largest absolute Gasteiger partial charge is 0.493 e. The van der Waals surface area contributed by atoms with Gasteiger partial charge in [0.05, 0.1) is 26.8 Å². The predicted molar refractivity (Wildman–Crippen MR) is 62.7 cm³/mol. The highest BCUT2D eigenvalue weighted by Crippen LogP contribution is 2.35. The maximum absolute atomic E-state index is 11.4. The van der Waals surface area contributed by atoms with Crippen molar-refractivity contribution in [2.24, 2.45) is 0 Å². The average Bonchev–Trinajstić information content (AvgIpc) is 2.80. The van der Waals surface area contributed by atoms with Crippen LogP contribution in [-0.4, -0.2) is 32.3 Å². The second-order valence-electron chi connectivity index (χ2n) is 3.44. The van der Waals surface area contributed by atoms with E-state index in [4.69, 9.17) is 9.47 Å². The minimum atomic E-state index is -0.415. The van der Waals surface area contributed by atoms with E-state index in [1.807, 2.05) is 6.07 Å². The molecule has 17 heavy (non-hydrogen) atoms. The Morgan fingerprint density at radius 1 is 1.18 bits per heavy atom. The second-order valence-corrected chi connectivity index (χ2v) is 3.44. The number of benzene rings is 1. The number of hydrogen-bond acceptors (Lipinski definition) is 4. The third-order valence-electron chi connectivity index (χ3n) is 2.54. The molecule has 1 aromatic heterocycles. The van der Waals surface area contributed by atoms with Crippen LogP contribution in [0.2, 0.25) is 0 Å². The van der Waals surface area contributed by atoms with Crippen LogP contribution >= 0.6 is 0 Å². The van der Waals surface area contributed by atoms with E-state index in [1.165, 1.54) is 7.11 Å². The van der Waals surface area contributed by atoms with Crippen molar-refractivity contribution in [3.8, 4) is 11.5 Å². The molecular weight excluding hydrogens is 222 g/mol. The van der Waals surface area contributed by atoms with E-state index in [0.29, 0.717) is 22.7 Å². The van der Waals surface area contributed by atoms with Crippen LogP contribution in [0.3, 0.4) is 0 Å². The molecule has 1 aromatic carbocycles. The van der Waals surface area contributed by atoms with Gasteiger partial charge in [0.1, 0.15) is 5.69 Å². The van der Waals surface area contributed by atoms with Crippen LogP contribution < -0.4 is 9.47 Å². The molecule has 5 heteroatoms. The van der Waals surface area contributed by atoms with E-state index in [1.54, 1.807) is 26.4 Å². The van der Waals surface area contributed by atoms with Gasteiger partial charge in [-0.05, 0) is 18.2 Å². The van der Waals surface area contributed by atoms with Crippen LogP contribution in [0.1, 0.15) is 10.5 Å². The Balaban J connectivity index is 2.64. The Morgan fingerprint density at radius 2 is 1.94 bits per heavy atom. The quantitative estimate of drug-likeness (QED) is 0.826. The maximum Gasteiger partial charge on any atom is 0.354 e. The summed E-state index contributed by atoms with van der Waals surface area (Å²) in [5, 5.41) is 0.864. The van der Waals surface area contributed by atoms with E-state index in [9.17, 15) is 4.79 Å². The average molecular weight is 235 g/mol. The summed E-state index contributed by atoms with van der Waals surface area (Å²) in [6.07, 6.45) is 0. The first-order chi connectivity index (χ1) is 8.21. The molecule has 0 bridgehead atoms. The van der Waals surface area contributed by atoms with Crippen molar-refractivity contribution >= 4 is 16.9 Å². The molecule has 90 valence electrons. The number of esters is 1. The van der Waals surface area contributed by atoms with E-state index < -0.39 is 5.97 Å². The van der Waals surface area contributed by atoms with E-state index in [-0.39, 0.29) is 0 Å². The lowest BCUT2D eigenvalue weighted by atomic mass is 10.2. The van der Waals surface area contributed by atoms with E-state index >= 15 is 0 Å². The SMILES string of the molecule is COC(=O)c1cc2ccc(OC)c(OC)c2[nH]1. The van der Waals surface area contributed by atoms with Crippen LogP contribution in [0.5, 0.6) is 11.5 Å². The first-order valence-electron chi connectivity index (χ1n) is 5.03. The molecule has 2 aromatic rings. The molecule has 0 atom stereocenters. The Labute approximate surface area is 98.3 Å². The van der Waals surface area contributed by atoms with Gasteiger partial charge in [0, 0.05) is 5.39 Å². The van der Waals surface area contributed by atoms with Gasteiger partial charge in [0.15, 0.2) is 11.5 Å². The maximum atomic E-state index is 11.4. The van der Waals surface area contributed by atoms with Gasteiger partial charge < -0.3 is 19.2 Å². The molecule has 0 unspecified atom stereocenters. The van der Waals surface area contributed by atoms with Gasteiger partial charge in [-0.2, -0.15) is 0 Å². The molecule has 0 saturated heterocycles. The third kappa shape index (κ3) is 1.80. The van der Waals surface area contributed by atoms with Crippen LogP contribution in [0.4, 0.5) is 0 Å². The molecule has 1 N–H and O–H groups in total. The summed E-state index contributed by atoms with van der Waals surface area (Å²) in [7, 11) is 4.45. The smallest absolute Gasteiger partial charge is 0.354 e. The number of carbonyl (C=O) groups excluding carboxylic acids is 1. The first-order valence-corrected chi connectivity index (χ1v) is 5.03. The fraction of sp³-hybridized carbons (Fsp3) is 0.250. The highest BCUT2D eigenvalue weighted by molar-refractivity contribution is 5.97. The van der Waals surface area contributed by atoms with Gasteiger partial charge in [-0.15, -0.1) is 0 Å². The van der Waals surface area contributed by atoms with Crippen molar-refractivity contribution in [1.29, 1.82) is 0 Å². The summed E-state index contributed by atoms with van der Waals surface area (Å²) in [4.78, 5) is 14.4. The lowest BCUT2D eigenvalue weighted by Crippen LogP contribution is -2.00. The minimum Gasteiger partial charge on any atom is -0.493 e. The molecule has 0 aliphatic rings. The Morgan fingerprint density at radius 3 is 2.53 bits per heavy atom. The highest BCUT2D eigenvalue weighted by Gasteiger charge is 2.15. The molecule has 2 rings (SSSR count). The van der Waals surface area contributed by atoms with Gasteiger partial charge >= 0.3 is 5.97 Å². The van der Waals surface area contributed by atoms with Crippen LogP contribution in [0.25, 0.3) is 10.9 Å². The fourth-order valence-corrected chi connectivity index (χ4v) is 1.74. The topological polar surface area (TPSA) is 60.6 Å². The summed E-state index contributed by atoms with van der Waals surface area (Å²) in [5.41, 5.74) is 1.10. The minimum absolute atomic E-state index is 0.383. The number of methoxy groups -OCH3 is 3. The van der Waals surface area contributed by atoms with Crippen molar-refractivity contribution in [3.63, 3.8) is 0 Å². The zero-order chi connectivity index (χ0) is 12.4. The van der Waals surface area contributed by atoms with Gasteiger partial charge in [0.2, 0.25) is 0 Å². The number of nitrogens with one attached hydrogen (secondary N) is 1. The van der Waals surface area contributed by atoms with Crippen molar-refractivity contribution in [3.05, 3.63) is 23.9 Å². The zero-order valence-electron chi connectivity index (χ0n) is 9.87. The van der Waals surface area contributed by atoms with Gasteiger partial charge in [-0.1, -0.05) is 0 Å². The number of ether oxygens (including phenoxy) is 3. The normalized spacial score (nSPS) is 10.3. The number of hydrogen-bond donors (Lipinski definition) is 1. The summed E-state index contributed by atoms with van der Waals surface area (Å²) < 4.78 is 15.1. The van der Waals surface area contributed by atoms with E-state index in [0.717, 1.165) is 5.39 Å². The lowest BCUT2D eigenvalue weighted by Gasteiger charge is -2.07. The molecule has 0 aliphatic heterocycles. The highest BCUT2D eigenvalue weighted by atomic mass is 16.5. The molecule has 0 saturated carbocycles. The predicted octanol–water partition coefficient (Wildman–Crippen LogP) is 1.97. The second kappa shape index (κ2) is 4.37. The number of aromatic amines is 1. The van der Waals surface area contributed by atoms with Crippen molar-refractivity contribution in [1.82, 2.24) is 4.98 Å². The Hall–Kier alpha value is -2.17. The van der Waals surface area contributed by atoms with Gasteiger partial charge in [-0.3, -0.25) is 0 Å². The van der Waals surface area contributed by atoms with Crippen molar-refractivity contribution < 1.29 is 19.0 Å². The molecular formula is C12H13NO4. The number of rotatable bonds is 3. The number of aromatic nitrogens is 1. The molecule has 0 aliphatic carbocycles. The molecule has 0 fully saturated rings. The molecule has 5 nitrogen and oxygen atoms in total. The monoisotopic (exact) mass is 235 g/mol. The Kier molecular flexibility index (Phi) is 2.91.